The molecule has 6 heteroatoms. The second kappa shape index (κ2) is 5.57. The van der Waals surface area contributed by atoms with Crippen LogP contribution < -0.4 is 15.4 Å². The lowest BCUT2D eigenvalue weighted by Gasteiger charge is -2.21. The molecule has 1 aliphatic heterocycles. The van der Waals surface area contributed by atoms with Crippen molar-refractivity contribution in [2.75, 3.05) is 11.9 Å². The molecule has 0 bridgehead atoms. The van der Waals surface area contributed by atoms with Gasteiger partial charge < -0.3 is 15.4 Å². The van der Waals surface area contributed by atoms with Crippen molar-refractivity contribution in [2.24, 2.45) is 7.05 Å². The highest BCUT2D eigenvalue weighted by Gasteiger charge is 2.17. The zero-order valence-corrected chi connectivity index (χ0v) is 12.1. The van der Waals surface area contributed by atoms with E-state index in [1.807, 2.05) is 36.0 Å². The summed E-state index contributed by atoms with van der Waals surface area (Å²) in [4.78, 5) is 11.4. The summed E-state index contributed by atoms with van der Waals surface area (Å²) in [7, 11) is 1.92. The van der Waals surface area contributed by atoms with Gasteiger partial charge >= 0.3 is 0 Å². The van der Waals surface area contributed by atoms with E-state index in [1.54, 1.807) is 6.20 Å². The Hall–Kier alpha value is -2.34. The molecule has 3 rings (SSSR count). The lowest BCUT2D eigenvalue weighted by Crippen LogP contribution is -2.26. The van der Waals surface area contributed by atoms with Crippen molar-refractivity contribution in [3.63, 3.8) is 0 Å². The third-order valence-corrected chi connectivity index (χ3v) is 3.65. The molecule has 2 aromatic rings. The van der Waals surface area contributed by atoms with Crippen LogP contribution in [-0.4, -0.2) is 22.3 Å². The van der Waals surface area contributed by atoms with Gasteiger partial charge in [0.15, 0.2) is 6.61 Å². The Bertz CT molecular complexity index is 665. The van der Waals surface area contributed by atoms with Crippen LogP contribution in [0.3, 0.4) is 0 Å². The number of hydrogen-bond acceptors (Lipinski definition) is 4. The summed E-state index contributed by atoms with van der Waals surface area (Å²) >= 11 is 0. The van der Waals surface area contributed by atoms with E-state index in [0.29, 0.717) is 0 Å². The fourth-order valence-corrected chi connectivity index (χ4v) is 2.32. The molecule has 1 aromatic heterocycles. The van der Waals surface area contributed by atoms with Gasteiger partial charge in [-0.2, -0.15) is 5.10 Å². The lowest BCUT2D eigenvalue weighted by molar-refractivity contribution is -0.118. The molecule has 2 heterocycles. The van der Waals surface area contributed by atoms with E-state index in [1.165, 1.54) is 0 Å². The molecule has 0 saturated carbocycles. The number of anilines is 1. The smallest absolute Gasteiger partial charge is 0.262 e. The average molecular weight is 286 g/mol. The van der Waals surface area contributed by atoms with Gasteiger partial charge in [-0.15, -0.1) is 0 Å². The number of aromatic nitrogens is 2. The van der Waals surface area contributed by atoms with Crippen LogP contribution in [0.5, 0.6) is 5.75 Å². The highest BCUT2D eigenvalue weighted by atomic mass is 16.5. The van der Waals surface area contributed by atoms with Crippen LogP contribution in [0.1, 0.15) is 24.2 Å². The molecule has 21 heavy (non-hydrogen) atoms. The van der Waals surface area contributed by atoms with Gasteiger partial charge in [-0.05, 0) is 30.7 Å². The summed E-state index contributed by atoms with van der Waals surface area (Å²) < 4.78 is 7.21. The zero-order valence-electron chi connectivity index (χ0n) is 12.1. The maximum absolute atomic E-state index is 11.4. The predicted molar refractivity (Wildman–Crippen MR) is 79.0 cm³/mol. The zero-order chi connectivity index (χ0) is 14.8. The molecule has 0 radical (unpaired) electrons. The Labute approximate surface area is 123 Å². The minimum Gasteiger partial charge on any atom is -0.482 e. The molecular formula is C15H18N4O2. The summed E-state index contributed by atoms with van der Waals surface area (Å²) in [5, 5.41) is 10.4. The summed E-state index contributed by atoms with van der Waals surface area (Å²) in [5.41, 5.74) is 2.95. The molecule has 2 N–H and O–H groups in total. The maximum Gasteiger partial charge on any atom is 0.262 e. The summed E-state index contributed by atoms with van der Waals surface area (Å²) in [6.45, 7) is 2.90. The van der Waals surface area contributed by atoms with Crippen LogP contribution in [0, 0.1) is 0 Å². The van der Waals surface area contributed by atoms with E-state index < -0.39 is 0 Å². The maximum atomic E-state index is 11.4. The fourth-order valence-electron chi connectivity index (χ4n) is 2.32. The Morgan fingerprint density at radius 1 is 1.48 bits per heavy atom. The van der Waals surface area contributed by atoms with Gasteiger partial charge in [0.25, 0.3) is 5.91 Å². The number of aryl methyl sites for hydroxylation is 1. The number of nitrogens with one attached hydrogen (secondary N) is 2. The molecule has 0 saturated heterocycles. The van der Waals surface area contributed by atoms with Gasteiger partial charge in [0.1, 0.15) is 5.75 Å². The second-order valence-electron chi connectivity index (χ2n) is 5.14. The second-order valence-corrected chi connectivity index (χ2v) is 5.14. The molecule has 1 atom stereocenters. The molecule has 1 aromatic carbocycles. The van der Waals surface area contributed by atoms with Gasteiger partial charge in [0, 0.05) is 25.8 Å². The molecule has 110 valence electrons. The van der Waals surface area contributed by atoms with Gasteiger partial charge in [0.2, 0.25) is 0 Å². The van der Waals surface area contributed by atoms with Gasteiger partial charge in [-0.1, -0.05) is 6.07 Å². The van der Waals surface area contributed by atoms with Crippen LogP contribution in [0.4, 0.5) is 5.69 Å². The van der Waals surface area contributed by atoms with Crippen molar-refractivity contribution in [1.82, 2.24) is 15.1 Å². The van der Waals surface area contributed by atoms with Crippen molar-refractivity contribution in [3.05, 3.63) is 41.7 Å². The number of benzene rings is 1. The van der Waals surface area contributed by atoms with Crippen LogP contribution in [0.15, 0.2) is 30.5 Å². The minimum atomic E-state index is -0.116. The molecular weight excluding hydrogens is 268 g/mol. The van der Waals surface area contributed by atoms with E-state index in [2.05, 4.69) is 22.7 Å². The number of hydrogen-bond donors (Lipinski definition) is 2. The standard InChI is InChI=1S/C15H18N4O2/c1-10(16-8-12-5-6-17-19(12)2)11-3-4-14-13(7-11)18-15(20)9-21-14/h3-7,10,16H,8-9H2,1-2H3,(H,18,20). The first kappa shape index (κ1) is 13.6. The number of nitrogens with zero attached hydrogens (tertiary/aromatic N) is 2. The van der Waals surface area contributed by atoms with Crippen molar-refractivity contribution in [3.8, 4) is 5.75 Å². The first-order chi connectivity index (χ1) is 10.1. The first-order valence-corrected chi connectivity index (χ1v) is 6.90. The highest BCUT2D eigenvalue weighted by molar-refractivity contribution is 5.95. The van der Waals surface area contributed by atoms with E-state index >= 15 is 0 Å². The van der Waals surface area contributed by atoms with Crippen molar-refractivity contribution >= 4 is 11.6 Å². The molecule has 0 spiro atoms. The number of fused-ring (bicyclic) bond motifs is 1. The average Bonchev–Trinajstić information content (AvgIpc) is 2.89. The quantitative estimate of drug-likeness (QED) is 0.896. The lowest BCUT2D eigenvalue weighted by atomic mass is 10.1. The largest absolute Gasteiger partial charge is 0.482 e. The topological polar surface area (TPSA) is 68.2 Å². The fraction of sp³-hybridized carbons (Fsp3) is 0.333. The molecule has 1 aliphatic rings. The molecule has 0 fully saturated rings. The molecule has 0 aliphatic carbocycles. The highest BCUT2D eigenvalue weighted by Crippen LogP contribution is 2.30. The van der Waals surface area contributed by atoms with Gasteiger partial charge in [0.05, 0.1) is 11.4 Å². The molecule has 1 unspecified atom stereocenters. The van der Waals surface area contributed by atoms with E-state index in [9.17, 15) is 4.79 Å². The van der Waals surface area contributed by atoms with Gasteiger partial charge in [-0.3, -0.25) is 9.48 Å². The summed E-state index contributed by atoms with van der Waals surface area (Å²) in [5.74, 6) is 0.604. The molecule has 6 nitrogen and oxygen atoms in total. The van der Waals surface area contributed by atoms with E-state index in [4.69, 9.17) is 4.74 Å². The van der Waals surface area contributed by atoms with Crippen LogP contribution in [0.25, 0.3) is 0 Å². The monoisotopic (exact) mass is 286 g/mol. The Morgan fingerprint density at radius 2 is 2.33 bits per heavy atom. The normalized spacial score (nSPS) is 15.0. The van der Waals surface area contributed by atoms with E-state index in [0.717, 1.165) is 29.2 Å². The van der Waals surface area contributed by atoms with Crippen molar-refractivity contribution < 1.29 is 9.53 Å². The summed E-state index contributed by atoms with van der Waals surface area (Å²) in [6, 6.07) is 8.00. The SMILES string of the molecule is CC(NCc1ccnn1C)c1ccc2c(c1)NC(=O)CO2. The minimum absolute atomic E-state index is 0.0840. The predicted octanol–water partition coefficient (Wildman–Crippen LogP) is 1.60. The Kier molecular flexibility index (Phi) is 3.62. The first-order valence-electron chi connectivity index (χ1n) is 6.90. The van der Waals surface area contributed by atoms with Crippen molar-refractivity contribution in [1.29, 1.82) is 0 Å². The summed E-state index contributed by atoms with van der Waals surface area (Å²) in [6.07, 6.45) is 1.79. The third-order valence-electron chi connectivity index (χ3n) is 3.65. The Morgan fingerprint density at radius 3 is 3.10 bits per heavy atom. The van der Waals surface area contributed by atoms with Crippen LogP contribution in [0.2, 0.25) is 0 Å². The third kappa shape index (κ3) is 2.90. The Balaban J connectivity index is 1.70. The van der Waals surface area contributed by atoms with Gasteiger partial charge in [-0.25, -0.2) is 0 Å². The number of carbonyl (C=O) groups is 1. The van der Waals surface area contributed by atoms with Crippen LogP contribution >= 0.6 is 0 Å². The van der Waals surface area contributed by atoms with E-state index in [-0.39, 0.29) is 18.6 Å². The number of ether oxygens (including phenoxy) is 1. The molecule has 1 amide bonds. The van der Waals surface area contributed by atoms with Crippen molar-refractivity contribution in [2.45, 2.75) is 19.5 Å². The number of rotatable bonds is 4. The number of carbonyl (C=O) groups excluding carboxylic acids is 1. The van der Waals surface area contributed by atoms with Crippen LogP contribution in [-0.2, 0) is 18.4 Å². The number of amides is 1.